The molecule has 0 spiro atoms. The summed E-state index contributed by atoms with van der Waals surface area (Å²) in [5.74, 6) is -0.289. The van der Waals surface area contributed by atoms with Crippen molar-refractivity contribution in [3.8, 4) is 5.69 Å². The summed E-state index contributed by atoms with van der Waals surface area (Å²) in [6.45, 7) is 0. The molecule has 0 radical (unpaired) electrons. The van der Waals surface area contributed by atoms with Gasteiger partial charge in [-0.2, -0.15) is 0 Å². The fourth-order valence-corrected chi connectivity index (χ4v) is 3.96. The number of nitrogens with zero attached hydrogens (tertiary/aromatic N) is 3. The number of hydrogen-bond donors (Lipinski definition) is 1. The number of carbonyl (C=O) groups excluding carboxylic acids is 1. The first-order valence-corrected chi connectivity index (χ1v) is 9.11. The first-order chi connectivity index (χ1) is 13.6. The van der Waals surface area contributed by atoms with Gasteiger partial charge in [-0.3, -0.25) is 9.36 Å². The summed E-state index contributed by atoms with van der Waals surface area (Å²) in [6, 6.07) is 16.2. The second-order valence-electron chi connectivity index (χ2n) is 7.05. The molecule has 0 saturated heterocycles. The van der Waals surface area contributed by atoms with Crippen LogP contribution in [0.4, 0.5) is 10.1 Å². The van der Waals surface area contributed by atoms with Crippen molar-refractivity contribution in [1.29, 1.82) is 0 Å². The molecule has 28 heavy (non-hydrogen) atoms. The predicted molar refractivity (Wildman–Crippen MR) is 105 cm³/mol. The highest BCUT2D eigenvalue weighted by Gasteiger charge is 2.31. The van der Waals surface area contributed by atoms with Crippen LogP contribution in [0.2, 0.25) is 0 Å². The van der Waals surface area contributed by atoms with Crippen molar-refractivity contribution >= 4 is 22.6 Å². The van der Waals surface area contributed by atoms with Gasteiger partial charge >= 0.3 is 0 Å². The molecule has 0 saturated carbocycles. The molecule has 0 bridgehead atoms. The third-order valence-electron chi connectivity index (χ3n) is 5.30. The number of benzene rings is 2. The zero-order chi connectivity index (χ0) is 19.3. The molecule has 0 aliphatic heterocycles. The van der Waals surface area contributed by atoms with Crippen LogP contribution in [0.1, 0.15) is 34.0 Å². The maximum Gasteiger partial charge on any atom is 0.167 e. The molecule has 0 amide bonds. The van der Waals surface area contributed by atoms with E-state index in [0.29, 0.717) is 46.6 Å². The van der Waals surface area contributed by atoms with Crippen molar-refractivity contribution in [3.05, 3.63) is 83.6 Å². The number of nitrogens with two attached hydrogens (primary N) is 1. The van der Waals surface area contributed by atoms with E-state index in [2.05, 4.69) is 4.98 Å². The molecule has 6 heteroatoms. The number of rotatable bonds is 2. The van der Waals surface area contributed by atoms with Crippen LogP contribution in [0.25, 0.3) is 16.9 Å². The molecular formula is C22H17FN4O. The van der Waals surface area contributed by atoms with Crippen LogP contribution >= 0.6 is 0 Å². The van der Waals surface area contributed by atoms with Crippen LogP contribution in [0.5, 0.6) is 0 Å². The lowest BCUT2D eigenvalue weighted by Crippen LogP contribution is -2.22. The molecule has 2 heterocycles. The minimum atomic E-state index is -0.343. The Kier molecular flexibility index (Phi) is 3.72. The maximum atomic E-state index is 13.7. The molecule has 4 aromatic rings. The molecule has 1 aliphatic carbocycles. The number of carbonyl (C=O) groups is 1. The normalized spacial score (nSPS) is 16.3. The van der Waals surface area contributed by atoms with Gasteiger partial charge < -0.3 is 5.73 Å². The lowest BCUT2D eigenvalue weighted by molar-refractivity contribution is 0.0964. The van der Waals surface area contributed by atoms with Crippen molar-refractivity contribution in [1.82, 2.24) is 14.5 Å². The number of Topliss-reactive ketones (excluding diaryl/α,β-unsaturated/α-hetero) is 1. The second kappa shape index (κ2) is 6.27. The summed E-state index contributed by atoms with van der Waals surface area (Å²) in [5, 5.41) is 0. The SMILES string of the molecule is Nc1c2c(nc3c1ncn3-c1cccc(F)c1)CC(c1ccccc1)CC2=O. The minimum absolute atomic E-state index is 0.0118. The topological polar surface area (TPSA) is 73.8 Å². The van der Waals surface area contributed by atoms with E-state index >= 15 is 0 Å². The van der Waals surface area contributed by atoms with Crippen molar-refractivity contribution in [2.75, 3.05) is 5.73 Å². The monoisotopic (exact) mass is 372 g/mol. The highest BCUT2D eigenvalue weighted by atomic mass is 19.1. The van der Waals surface area contributed by atoms with E-state index in [-0.39, 0.29) is 17.5 Å². The Balaban J connectivity index is 1.67. The van der Waals surface area contributed by atoms with Gasteiger partial charge in [0, 0.05) is 6.42 Å². The van der Waals surface area contributed by atoms with E-state index in [1.165, 1.54) is 12.1 Å². The minimum Gasteiger partial charge on any atom is -0.396 e. The lowest BCUT2D eigenvalue weighted by Gasteiger charge is -2.24. The third kappa shape index (κ3) is 2.57. The molecule has 5 rings (SSSR count). The standard InChI is InChI=1S/C22H17FN4O/c23-15-7-4-8-16(11-15)27-12-25-21-20(24)19-17(26-22(21)27)9-14(10-18(19)28)13-5-2-1-3-6-13/h1-8,11-12,14H,9-10H2,(H2,24,26). The number of aromatic nitrogens is 3. The summed E-state index contributed by atoms with van der Waals surface area (Å²) in [5.41, 5.74) is 10.5. The number of pyridine rings is 1. The van der Waals surface area contributed by atoms with Crippen LogP contribution in [-0.4, -0.2) is 20.3 Å². The van der Waals surface area contributed by atoms with E-state index in [1.807, 2.05) is 30.3 Å². The molecule has 0 fully saturated rings. The summed E-state index contributed by atoms with van der Waals surface area (Å²) in [7, 11) is 0. The molecule has 138 valence electrons. The van der Waals surface area contributed by atoms with Crippen LogP contribution < -0.4 is 5.73 Å². The summed E-state index contributed by atoms with van der Waals surface area (Å²) >= 11 is 0. The molecule has 2 aromatic heterocycles. The number of nitrogen functional groups attached to an aromatic ring is 1. The van der Waals surface area contributed by atoms with Crippen molar-refractivity contribution in [3.63, 3.8) is 0 Å². The first-order valence-electron chi connectivity index (χ1n) is 9.11. The van der Waals surface area contributed by atoms with Gasteiger partial charge in [0.15, 0.2) is 11.4 Å². The average molecular weight is 372 g/mol. The molecule has 1 unspecified atom stereocenters. The lowest BCUT2D eigenvalue weighted by atomic mass is 9.81. The summed E-state index contributed by atoms with van der Waals surface area (Å²) in [4.78, 5) is 21.9. The van der Waals surface area contributed by atoms with Gasteiger partial charge in [0.1, 0.15) is 17.7 Å². The molecule has 1 atom stereocenters. The number of ketones is 1. The van der Waals surface area contributed by atoms with Gasteiger partial charge in [0.05, 0.1) is 22.6 Å². The summed E-state index contributed by atoms with van der Waals surface area (Å²) < 4.78 is 15.4. The Hall–Kier alpha value is -3.54. The Morgan fingerprint density at radius 1 is 1.07 bits per heavy atom. The molecule has 2 N–H and O–H groups in total. The highest BCUT2D eigenvalue weighted by Crippen LogP contribution is 2.37. The van der Waals surface area contributed by atoms with Gasteiger partial charge in [0.25, 0.3) is 0 Å². The molecular weight excluding hydrogens is 355 g/mol. The summed E-state index contributed by atoms with van der Waals surface area (Å²) in [6.07, 6.45) is 2.59. The van der Waals surface area contributed by atoms with Crippen molar-refractivity contribution in [2.24, 2.45) is 0 Å². The predicted octanol–water partition coefficient (Wildman–Crippen LogP) is 4.05. The van der Waals surface area contributed by atoms with Crippen LogP contribution in [0, 0.1) is 5.82 Å². The number of fused-ring (bicyclic) bond motifs is 2. The third-order valence-corrected chi connectivity index (χ3v) is 5.30. The van der Waals surface area contributed by atoms with Gasteiger partial charge in [0.2, 0.25) is 0 Å². The van der Waals surface area contributed by atoms with Gasteiger partial charge in [-0.1, -0.05) is 36.4 Å². The number of halogens is 1. The number of anilines is 1. The fourth-order valence-electron chi connectivity index (χ4n) is 3.96. The van der Waals surface area contributed by atoms with Crippen molar-refractivity contribution < 1.29 is 9.18 Å². The van der Waals surface area contributed by atoms with E-state index in [4.69, 9.17) is 10.7 Å². The van der Waals surface area contributed by atoms with E-state index in [1.54, 1.807) is 23.0 Å². The van der Waals surface area contributed by atoms with Gasteiger partial charge in [-0.25, -0.2) is 14.4 Å². The van der Waals surface area contributed by atoms with Crippen molar-refractivity contribution in [2.45, 2.75) is 18.8 Å². The smallest absolute Gasteiger partial charge is 0.167 e. The van der Waals surface area contributed by atoms with Crippen LogP contribution in [0.3, 0.4) is 0 Å². The first kappa shape index (κ1) is 16.6. The fraction of sp³-hybridized carbons (Fsp3) is 0.136. The number of hydrogen-bond acceptors (Lipinski definition) is 4. The zero-order valence-electron chi connectivity index (χ0n) is 15.0. The Bertz CT molecular complexity index is 1220. The molecule has 2 aromatic carbocycles. The Labute approximate surface area is 160 Å². The van der Waals surface area contributed by atoms with E-state index in [9.17, 15) is 9.18 Å². The van der Waals surface area contributed by atoms with E-state index < -0.39 is 0 Å². The maximum absolute atomic E-state index is 13.7. The molecule has 5 nitrogen and oxygen atoms in total. The average Bonchev–Trinajstić information content (AvgIpc) is 3.12. The zero-order valence-corrected chi connectivity index (χ0v) is 15.0. The largest absolute Gasteiger partial charge is 0.396 e. The Morgan fingerprint density at radius 2 is 1.89 bits per heavy atom. The number of imidazole rings is 1. The van der Waals surface area contributed by atoms with Gasteiger partial charge in [-0.15, -0.1) is 0 Å². The molecule has 1 aliphatic rings. The second-order valence-corrected chi connectivity index (χ2v) is 7.05. The quantitative estimate of drug-likeness (QED) is 0.576. The highest BCUT2D eigenvalue weighted by molar-refractivity contribution is 6.08. The van der Waals surface area contributed by atoms with Gasteiger partial charge in [-0.05, 0) is 36.1 Å². The van der Waals surface area contributed by atoms with Crippen LogP contribution in [0.15, 0.2) is 60.9 Å². The van der Waals surface area contributed by atoms with E-state index in [0.717, 1.165) is 5.56 Å². The Morgan fingerprint density at radius 3 is 2.68 bits per heavy atom. The van der Waals surface area contributed by atoms with Crippen LogP contribution in [-0.2, 0) is 6.42 Å².